The van der Waals surface area contributed by atoms with E-state index in [9.17, 15) is 0 Å². The minimum atomic E-state index is -0.349. The lowest BCUT2D eigenvalue weighted by Gasteiger charge is -2.22. The Morgan fingerprint density at radius 3 is 2.17 bits per heavy atom. The second kappa shape index (κ2) is 5.89. The standard InChI is InChI=1S/C8H18N4/c1-3-8(5-9,6-10)12-7-11-4-2/h3-6,9-10H2,1-2H3. The summed E-state index contributed by atoms with van der Waals surface area (Å²) in [4.78, 5) is 8.01. The van der Waals surface area contributed by atoms with E-state index in [-0.39, 0.29) is 5.54 Å². The zero-order chi connectivity index (χ0) is 9.45. The molecule has 0 aliphatic rings. The van der Waals surface area contributed by atoms with Crippen LogP contribution in [0.4, 0.5) is 0 Å². The molecule has 12 heavy (non-hydrogen) atoms. The molecular formula is C8H18N4. The van der Waals surface area contributed by atoms with Gasteiger partial charge in [-0.3, -0.25) is 0 Å². The smallest absolute Gasteiger partial charge is 0.0957 e. The van der Waals surface area contributed by atoms with Crippen LogP contribution in [0.3, 0.4) is 0 Å². The van der Waals surface area contributed by atoms with Gasteiger partial charge in [0.15, 0.2) is 0 Å². The van der Waals surface area contributed by atoms with Gasteiger partial charge in [-0.2, -0.15) is 0 Å². The maximum Gasteiger partial charge on any atom is 0.0957 e. The lowest BCUT2D eigenvalue weighted by molar-refractivity contribution is 0.437. The summed E-state index contributed by atoms with van der Waals surface area (Å²) in [5.74, 6) is 0. The first kappa shape index (κ1) is 11.3. The van der Waals surface area contributed by atoms with Crippen molar-refractivity contribution in [2.45, 2.75) is 25.8 Å². The number of hydrogen-bond donors (Lipinski definition) is 2. The minimum absolute atomic E-state index is 0.349. The molecule has 0 saturated heterocycles. The lowest BCUT2D eigenvalue weighted by Crippen LogP contribution is -2.42. The first-order chi connectivity index (χ1) is 5.74. The highest BCUT2D eigenvalue weighted by Gasteiger charge is 2.22. The number of aliphatic imine (C=N–C) groups is 2. The third-order valence-electron chi connectivity index (χ3n) is 1.93. The Morgan fingerprint density at radius 1 is 1.25 bits per heavy atom. The van der Waals surface area contributed by atoms with Gasteiger partial charge in [-0.25, -0.2) is 9.98 Å². The van der Waals surface area contributed by atoms with Gasteiger partial charge in [0, 0.05) is 19.6 Å². The van der Waals surface area contributed by atoms with Crippen molar-refractivity contribution >= 4 is 6.01 Å². The molecule has 0 fully saturated rings. The molecule has 0 aromatic heterocycles. The summed E-state index contributed by atoms with van der Waals surface area (Å²) in [6.45, 7) is 5.54. The van der Waals surface area contributed by atoms with Gasteiger partial charge in [-0.05, 0) is 13.3 Å². The zero-order valence-electron chi connectivity index (χ0n) is 7.88. The molecule has 0 heterocycles. The van der Waals surface area contributed by atoms with E-state index >= 15 is 0 Å². The molecule has 0 radical (unpaired) electrons. The van der Waals surface area contributed by atoms with Gasteiger partial charge in [0.25, 0.3) is 0 Å². The minimum Gasteiger partial charge on any atom is -0.328 e. The van der Waals surface area contributed by atoms with Gasteiger partial charge in [-0.15, -0.1) is 0 Å². The average Bonchev–Trinajstić information content (AvgIpc) is 2.14. The molecular weight excluding hydrogens is 152 g/mol. The summed E-state index contributed by atoms with van der Waals surface area (Å²) in [5, 5.41) is 0. The van der Waals surface area contributed by atoms with Crippen LogP contribution in [0.1, 0.15) is 20.3 Å². The summed E-state index contributed by atoms with van der Waals surface area (Å²) in [6.07, 6.45) is 0.826. The zero-order valence-corrected chi connectivity index (χ0v) is 7.88. The average molecular weight is 170 g/mol. The Labute approximate surface area is 73.8 Å². The van der Waals surface area contributed by atoms with Crippen molar-refractivity contribution < 1.29 is 0 Å². The summed E-state index contributed by atoms with van der Waals surface area (Å²) < 4.78 is 0. The van der Waals surface area contributed by atoms with Gasteiger partial charge < -0.3 is 11.5 Å². The monoisotopic (exact) mass is 170 g/mol. The van der Waals surface area contributed by atoms with Crippen LogP contribution in [0.2, 0.25) is 0 Å². The fourth-order valence-corrected chi connectivity index (χ4v) is 0.754. The lowest BCUT2D eigenvalue weighted by atomic mass is 9.98. The van der Waals surface area contributed by atoms with Crippen LogP contribution in [0.15, 0.2) is 9.98 Å². The van der Waals surface area contributed by atoms with E-state index in [0.717, 1.165) is 6.42 Å². The fourth-order valence-electron chi connectivity index (χ4n) is 0.754. The SMILES string of the molecule is CCN=C=NC(CC)(CN)CN. The maximum absolute atomic E-state index is 5.56. The quantitative estimate of drug-likeness (QED) is 0.580. The topological polar surface area (TPSA) is 76.8 Å². The van der Waals surface area contributed by atoms with Crippen molar-refractivity contribution in [3.05, 3.63) is 0 Å². The van der Waals surface area contributed by atoms with Crippen LogP contribution in [0.25, 0.3) is 0 Å². The molecule has 4 N–H and O–H groups in total. The number of nitrogens with zero attached hydrogens (tertiary/aromatic N) is 2. The van der Waals surface area contributed by atoms with Crippen molar-refractivity contribution in [2.75, 3.05) is 19.6 Å². The Bertz CT molecular complexity index is 158. The van der Waals surface area contributed by atoms with E-state index in [0.29, 0.717) is 19.6 Å². The number of rotatable bonds is 5. The van der Waals surface area contributed by atoms with Gasteiger partial charge >= 0.3 is 0 Å². The summed E-state index contributed by atoms with van der Waals surface area (Å²) in [7, 11) is 0. The van der Waals surface area contributed by atoms with E-state index in [2.05, 4.69) is 16.0 Å². The van der Waals surface area contributed by atoms with Crippen molar-refractivity contribution in [1.82, 2.24) is 0 Å². The van der Waals surface area contributed by atoms with E-state index in [1.54, 1.807) is 0 Å². The van der Waals surface area contributed by atoms with Crippen LogP contribution in [0, 0.1) is 0 Å². The molecule has 0 saturated carbocycles. The molecule has 0 unspecified atom stereocenters. The van der Waals surface area contributed by atoms with Crippen molar-refractivity contribution in [3.63, 3.8) is 0 Å². The van der Waals surface area contributed by atoms with E-state index in [1.807, 2.05) is 13.8 Å². The highest BCUT2D eigenvalue weighted by Crippen LogP contribution is 2.10. The highest BCUT2D eigenvalue weighted by molar-refractivity contribution is 5.42. The van der Waals surface area contributed by atoms with Crippen LogP contribution in [0.5, 0.6) is 0 Å². The molecule has 4 heteroatoms. The second-order valence-corrected chi connectivity index (χ2v) is 2.67. The molecule has 0 aromatic carbocycles. The van der Waals surface area contributed by atoms with Gasteiger partial charge in [-0.1, -0.05) is 6.92 Å². The van der Waals surface area contributed by atoms with Gasteiger partial charge in [0.05, 0.1) is 11.5 Å². The van der Waals surface area contributed by atoms with Crippen LogP contribution in [-0.2, 0) is 0 Å². The van der Waals surface area contributed by atoms with Gasteiger partial charge in [0.2, 0.25) is 0 Å². The third kappa shape index (κ3) is 3.13. The van der Waals surface area contributed by atoms with E-state index in [4.69, 9.17) is 11.5 Å². The van der Waals surface area contributed by atoms with Gasteiger partial charge in [0.1, 0.15) is 0 Å². The van der Waals surface area contributed by atoms with Crippen molar-refractivity contribution in [2.24, 2.45) is 21.5 Å². The highest BCUT2D eigenvalue weighted by atomic mass is 14.9. The Balaban J connectivity index is 4.39. The second-order valence-electron chi connectivity index (χ2n) is 2.67. The third-order valence-corrected chi connectivity index (χ3v) is 1.93. The summed E-state index contributed by atoms with van der Waals surface area (Å²) in [5.41, 5.74) is 10.8. The molecule has 0 atom stereocenters. The molecule has 0 rings (SSSR count). The predicted molar refractivity (Wildman–Crippen MR) is 51.5 cm³/mol. The fraction of sp³-hybridized carbons (Fsp3) is 0.875. The molecule has 0 aliphatic heterocycles. The Hall–Kier alpha value is -0.700. The summed E-state index contributed by atoms with van der Waals surface area (Å²) >= 11 is 0. The normalized spacial score (nSPS) is 10.7. The molecule has 0 spiro atoms. The first-order valence-electron chi connectivity index (χ1n) is 4.28. The molecule has 0 aromatic rings. The predicted octanol–water partition coefficient (Wildman–Crippen LogP) is 0.246. The molecule has 0 bridgehead atoms. The molecule has 0 aliphatic carbocycles. The Morgan fingerprint density at radius 2 is 1.83 bits per heavy atom. The van der Waals surface area contributed by atoms with E-state index in [1.165, 1.54) is 0 Å². The molecule has 70 valence electrons. The molecule has 4 nitrogen and oxygen atoms in total. The number of nitrogens with two attached hydrogens (primary N) is 2. The van der Waals surface area contributed by atoms with Crippen LogP contribution in [-0.4, -0.2) is 31.2 Å². The van der Waals surface area contributed by atoms with Crippen molar-refractivity contribution in [1.29, 1.82) is 0 Å². The number of hydrogen-bond acceptors (Lipinski definition) is 4. The summed E-state index contributed by atoms with van der Waals surface area (Å²) in [6, 6.07) is 2.62. The largest absolute Gasteiger partial charge is 0.328 e. The van der Waals surface area contributed by atoms with E-state index < -0.39 is 0 Å². The first-order valence-corrected chi connectivity index (χ1v) is 4.28. The Kier molecular flexibility index (Phi) is 5.54. The van der Waals surface area contributed by atoms with Crippen LogP contribution < -0.4 is 11.5 Å². The molecule has 0 amide bonds. The van der Waals surface area contributed by atoms with Crippen LogP contribution >= 0.6 is 0 Å². The van der Waals surface area contributed by atoms with Crippen molar-refractivity contribution in [3.8, 4) is 0 Å². The maximum atomic E-state index is 5.56.